The molecule has 2 rings (SSSR count). The van der Waals surface area contributed by atoms with Gasteiger partial charge in [-0.05, 0) is 43.0 Å². The summed E-state index contributed by atoms with van der Waals surface area (Å²) in [6.07, 6.45) is 0.939. The molecule has 1 aromatic heterocycles. The summed E-state index contributed by atoms with van der Waals surface area (Å²) in [5.74, 6) is 0.827. The zero-order valence-electron chi connectivity index (χ0n) is 12.2. The van der Waals surface area contributed by atoms with Crippen LogP contribution in [-0.4, -0.2) is 18.6 Å². The molecule has 2 N–H and O–H groups in total. The molecular formula is C16H22N2O. The van der Waals surface area contributed by atoms with E-state index >= 15 is 0 Å². The zero-order chi connectivity index (χ0) is 14.0. The van der Waals surface area contributed by atoms with Gasteiger partial charge in [0.25, 0.3) is 0 Å². The number of pyridine rings is 1. The molecule has 0 aliphatic rings. The third-order valence-electron chi connectivity index (χ3n) is 3.49. The van der Waals surface area contributed by atoms with Crippen LogP contribution in [-0.2, 0) is 6.42 Å². The molecule has 2 aromatic rings. The molecule has 0 saturated carbocycles. The number of hydrogen-bond donors (Lipinski definition) is 1. The highest BCUT2D eigenvalue weighted by atomic mass is 16.5. The molecule has 1 heterocycles. The van der Waals surface area contributed by atoms with Crippen LogP contribution < -0.4 is 10.5 Å². The highest BCUT2D eigenvalue weighted by Gasteiger charge is 2.18. The lowest BCUT2D eigenvalue weighted by molar-refractivity contribution is 0.377. The van der Waals surface area contributed by atoms with Crippen molar-refractivity contribution in [1.82, 2.24) is 4.98 Å². The summed E-state index contributed by atoms with van der Waals surface area (Å²) in [6.45, 7) is 7.03. The summed E-state index contributed by atoms with van der Waals surface area (Å²) < 4.78 is 5.41. The van der Waals surface area contributed by atoms with E-state index in [4.69, 9.17) is 10.5 Å². The Kier molecular flexibility index (Phi) is 3.76. The highest BCUT2D eigenvalue weighted by Crippen LogP contribution is 2.31. The molecule has 3 heteroatoms. The van der Waals surface area contributed by atoms with Crippen molar-refractivity contribution in [2.45, 2.75) is 27.2 Å². The van der Waals surface area contributed by atoms with E-state index in [9.17, 15) is 0 Å². The number of aromatic nitrogens is 1. The zero-order valence-corrected chi connectivity index (χ0v) is 12.2. The van der Waals surface area contributed by atoms with E-state index in [1.54, 1.807) is 7.11 Å². The summed E-state index contributed by atoms with van der Waals surface area (Å²) >= 11 is 0. The number of hydrogen-bond acceptors (Lipinski definition) is 3. The first-order chi connectivity index (χ1) is 8.96. The summed E-state index contributed by atoms with van der Waals surface area (Å²) in [4.78, 5) is 4.61. The normalized spacial score (nSPS) is 11.8. The molecule has 3 nitrogen and oxygen atoms in total. The Bertz CT molecular complexity index is 591. The molecule has 19 heavy (non-hydrogen) atoms. The number of benzene rings is 1. The number of methoxy groups -OCH3 is 1. The Morgan fingerprint density at radius 2 is 1.95 bits per heavy atom. The van der Waals surface area contributed by atoms with Gasteiger partial charge in [-0.1, -0.05) is 26.0 Å². The fourth-order valence-electron chi connectivity index (χ4n) is 2.26. The molecule has 0 bridgehead atoms. The molecule has 0 atom stereocenters. The molecule has 0 amide bonds. The number of nitrogens with zero attached hydrogens (tertiary/aromatic N) is 1. The van der Waals surface area contributed by atoms with Crippen molar-refractivity contribution >= 4 is 10.9 Å². The van der Waals surface area contributed by atoms with Crippen LogP contribution >= 0.6 is 0 Å². The summed E-state index contributed by atoms with van der Waals surface area (Å²) in [5, 5.41) is 1.16. The number of rotatable bonds is 4. The highest BCUT2D eigenvalue weighted by molar-refractivity contribution is 5.87. The van der Waals surface area contributed by atoms with Gasteiger partial charge in [0.2, 0.25) is 0 Å². The van der Waals surface area contributed by atoms with Crippen LogP contribution in [0.2, 0.25) is 0 Å². The Hall–Kier alpha value is -1.61. The second-order valence-corrected chi connectivity index (χ2v) is 5.82. The van der Waals surface area contributed by atoms with Gasteiger partial charge < -0.3 is 10.5 Å². The fourth-order valence-corrected chi connectivity index (χ4v) is 2.26. The van der Waals surface area contributed by atoms with E-state index in [1.165, 1.54) is 5.56 Å². The average Bonchev–Trinajstić information content (AvgIpc) is 2.38. The van der Waals surface area contributed by atoms with E-state index in [0.717, 1.165) is 28.8 Å². The lowest BCUT2D eigenvalue weighted by Gasteiger charge is -2.23. The third-order valence-corrected chi connectivity index (χ3v) is 3.49. The van der Waals surface area contributed by atoms with Crippen LogP contribution in [0.3, 0.4) is 0 Å². The molecular weight excluding hydrogens is 236 g/mol. The molecule has 0 aliphatic carbocycles. The first kappa shape index (κ1) is 13.8. The van der Waals surface area contributed by atoms with Gasteiger partial charge in [0.1, 0.15) is 11.3 Å². The monoisotopic (exact) mass is 258 g/mol. The van der Waals surface area contributed by atoms with Gasteiger partial charge in [-0.2, -0.15) is 0 Å². The van der Waals surface area contributed by atoms with Crippen molar-refractivity contribution in [2.24, 2.45) is 11.1 Å². The fraction of sp³-hybridized carbons (Fsp3) is 0.438. The minimum Gasteiger partial charge on any atom is -0.494 e. The molecule has 0 fully saturated rings. The van der Waals surface area contributed by atoms with Crippen LogP contribution in [0.1, 0.15) is 25.1 Å². The van der Waals surface area contributed by atoms with Gasteiger partial charge in [-0.15, -0.1) is 0 Å². The second-order valence-electron chi connectivity index (χ2n) is 5.82. The maximum absolute atomic E-state index is 5.84. The first-order valence-corrected chi connectivity index (χ1v) is 6.60. The van der Waals surface area contributed by atoms with E-state index < -0.39 is 0 Å². The third kappa shape index (κ3) is 2.87. The lowest BCUT2D eigenvalue weighted by atomic mass is 9.84. The SMILES string of the molecule is COc1ccc(CC(C)(C)CN)c2ccc(C)nc12. The Labute approximate surface area is 114 Å². The largest absolute Gasteiger partial charge is 0.494 e. The van der Waals surface area contributed by atoms with E-state index in [2.05, 4.69) is 31.0 Å². The first-order valence-electron chi connectivity index (χ1n) is 6.60. The van der Waals surface area contributed by atoms with Crippen LogP contribution in [0.4, 0.5) is 0 Å². The molecule has 102 valence electrons. The molecule has 0 radical (unpaired) electrons. The van der Waals surface area contributed by atoms with Crippen molar-refractivity contribution in [3.63, 3.8) is 0 Å². The number of fused-ring (bicyclic) bond motifs is 1. The Balaban J connectivity index is 2.58. The van der Waals surface area contributed by atoms with Gasteiger partial charge in [0.05, 0.1) is 7.11 Å². The minimum absolute atomic E-state index is 0.0897. The average molecular weight is 258 g/mol. The predicted molar refractivity (Wildman–Crippen MR) is 79.6 cm³/mol. The van der Waals surface area contributed by atoms with Gasteiger partial charge in [0.15, 0.2) is 0 Å². The van der Waals surface area contributed by atoms with Gasteiger partial charge in [-0.25, -0.2) is 4.98 Å². The van der Waals surface area contributed by atoms with Gasteiger partial charge in [-0.3, -0.25) is 0 Å². The van der Waals surface area contributed by atoms with E-state index in [0.29, 0.717) is 6.54 Å². The molecule has 0 saturated heterocycles. The molecule has 0 spiro atoms. The maximum Gasteiger partial charge on any atom is 0.145 e. The minimum atomic E-state index is 0.0897. The van der Waals surface area contributed by atoms with E-state index in [-0.39, 0.29) is 5.41 Å². The summed E-state index contributed by atoms with van der Waals surface area (Å²) in [6, 6.07) is 8.29. The van der Waals surface area contributed by atoms with Crippen molar-refractivity contribution in [3.05, 3.63) is 35.5 Å². The van der Waals surface area contributed by atoms with Crippen molar-refractivity contribution in [3.8, 4) is 5.75 Å². The number of ether oxygens (including phenoxy) is 1. The maximum atomic E-state index is 5.84. The quantitative estimate of drug-likeness (QED) is 0.916. The van der Waals surface area contributed by atoms with Crippen LogP contribution in [0.5, 0.6) is 5.75 Å². The number of nitrogens with two attached hydrogens (primary N) is 1. The molecule has 0 unspecified atom stereocenters. The second kappa shape index (κ2) is 5.17. The summed E-state index contributed by atoms with van der Waals surface area (Å²) in [7, 11) is 1.68. The standard InChI is InChI=1S/C16H22N2O/c1-11-5-7-13-12(9-16(2,3)10-17)6-8-14(19-4)15(13)18-11/h5-8H,9-10,17H2,1-4H3. The summed E-state index contributed by atoms with van der Waals surface area (Å²) in [5.41, 5.74) is 9.14. The molecule has 0 aliphatic heterocycles. The van der Waals surface area contributed by atoms with Crippen molar-refractivity contribution < 1.29 is 4.74 Å². The van der Waals surface area contributed by atoms with Crippen molar-refractivity contribution in [1.29, 1.82) is 0 Å². The van der Waals surface area contributed by atoms with Crippen molar-refractivity contribution in [2.75, 3.05) is 13.7 Å². The smallest absolute Gasteiger partial charge is 0.145 e. The van der Waals surface area contributed by atoms with Crippen LogP contribution in [0.25, 0.3) is 10.9 Å². The van der Waals surface area contributed by atoms with Gasteiger partial charge in [0, 0.05) is 11.1 Å². The van der Waals surface area contributed by atoms with Gasteiger partial charge >= 0.3 is 0 Å². The Morgan fingerprint density at radius 1 is 1.21 bits per heavy atom. The predicted octanol–water partition coefficient (Wildman–Crippen LogP) is 3.08. The molecule has 1 aromatic carbocycles. The Morgan fingerprint density at radius 3 is 2.58 bits per heavy atom. The number of aryl methyl sites for hydroxylation is 1. The lowest BCUT2D eigenvalue weighted by Crippen LogP contribution is -2.26. The van der Waals surface area contributed by atoms with Crippen LogP contribution in [0.15, 0.2) is 24.3 Å². The van der Waals surface area contributed by atoms with E-state index in [1.807, 2.05) is 19.1 Å². The topological polar surface area (TPSA) is 48.1 Å². The van der Waals surface area contributed by atoms with Crippen LogP contribution in [0, 0.1) is 12.3 Å².